The van der Waals surface area contributed by atoms with Gasteiger partial charge in [-0.1, -0.05) is 0 Å². The molecule has 370 valence electrons. The first-order valence-corrected chi connectivity index (χ1v) is 24.6. The highest BCUT2D eigenvalue weighted by atomic mass is 32.2. The molecule has 5 aromatic rings. The Kier molecular flexibility index (Phi) is 15.0. The van der Waals surface area contributed by atoms with Gasteiger partial charge in [-0.05, 0) is 54.6 Å². The van der Waals surface area contributed by atoms with Crippen LogP contribution in [0.3, 0.4) is 0 Å². The number of carboxylic acids is 1. The molecule has 0 saturated carbocycles. The van der Waals surface area contributed by atoms with E-state index < -0.39 is 149 Å². The second-order valence-electron chi connectivity index (χ2n) is 13.7. The molecule has 0 bridgehead atoms. The van der Waals surface area contributed by atoms with Gasteiger partial charge in [0.05, 0.1) is 30.9 Å². The standard InChI is InChI=1S/C37H32N8O21S4/c1-64-19-4-8-23(29(14-19)68(55,56)57)38-40-25-16-28(66-13-11-47)26(17-27(25)65-12-10-46)41-42-31-30(69(58,59)60)15-22-21(34(31)48)7-9-24(35(22)70(61,62)63)39-43-32-33(37(50)51)44-45(36(32)49)18-2-5-20(6-3-18)67(52,53)54/h2-9,14-17,32,46-48H,10-13H2,1H3,(H,50,51)(H,52,53,54)(H,55,56,57)(H,58,59,60)(H,61,62,63)/b40-38?,42-41?,43-39+. The molecular weight excluding hydrogens is 1020 g/mol. The fraction of sp³-hybridized carbons (Fsp3) is 0.162. The van der Waals surface area contributed by atoms with E-state index in [0.29, 0.717) is 11.1 Å². The number of aromatic hydroxyl groups is 1. The molecule has 0 fully saturated rings. The number of carboxylic acid groups (broad SMARTS) is 1. The van der Waals surface area contributed by atoms with Crippen LogP contribution in [0.4, 0.5) is 34.1 Å². The van der Waals surface area contributed by atoms with Crippen LogP contribution < -0.4 is 19.2 Å². The minimum atomic E-state index is -5.57. The fourth-order valence-electron chi connectivity index (χ4n) is 6.16. The zero-order valence-corrected chi connectivity index (χ0v) is 38.2. The van der Waals surface area contributed by atoms with Crippen molar-refractivity contribution < 1.29 is 96.1 Å². The van der Waals surface area contributed by atoms with E-state index in [9.17, 15) is 81.9 Å². The van der Waals surface area contributed by atoms with Crippen LogP contribution in [0.1, 0.15) is 0 Å². The topological polar surface area (TPSA) is 450 Å². The molecule has 5 aromatic carbocycles. The number of fused-ring (bicyclic) bond motifs is 1. The van der Waals surface area contributed by atoms with Crippen LogP contribution in [0.2, 0.25) is 0 Å². The number of ether oxygens (including phenoxy) is 3. The summed E-state index contributed by atoms with van der Waals surface area (Å²) in [6.45, 7) is -2.03. The highest BCUT2D eigenvalue weighted by molar-refractivity contribution is 7.87. The van der Waals surface area contributed by atoms with Crippen LogP contribution in [0.5, 0.6) is 23.0 Å². The van der Waals surface area contributed by atoms with Crippen molar-refractivity contribution in [3.05, 3.63) is 72.8 Å². The van der Waals surface area contributed by atoms with Gasteiger partial charge in [0.1, 0.15) is 73.6 Å². The number of azo groups is 3. The average molecular weight is 1050 g/mol. The highest BCUT2D eigenvalue weighted by Gasteiger charge is 2.41. The van der Waals surface area contributed by atoms with Crippen LogP contribution in [0.15, 0.2) is 128 Å². The Balaban J connectivity index is 1.46. The molecule has 0 spiro atoms. The van der Waals surface area contributed by atoms with E-state index in [1.807, 2.05) is 0 Å². The van der Waals surface area contributed by atoms with Gasteiger partial charge in [0.15, 0.2) is 11.5 Å². The minimum absolute atomic E-state index is 0.0305. The number of phenolic OH excluding ortho intramolecular Hbond substituents is 1. The maximum absolute atomic E-state index is 13.4. The molecule has 1 aliphatic heterocycles. The van der Waals surface area contributed by atoms with Crippen molar-refractivity contribution in [3.8, 4) is 23.0 Å². The van der Waals surface area contributed by atoms with E-state index in [1.165, 1.54) is 13.2 Å². The van der Waals surface area contributed by atoms with Gasteiger partial charge in [-0.25, -0.2) is 4.79 Å². The van der Waals surface area contributed by atoms with Crippen molar-refractivity contribution in [2.24, 2.45) is 35.8 Å². The first-order chi connectivity index (χ1) is 32.8. The molecule has 1 atom stereocenters. The van der Waals surface area contributed by atoms with Gasteiger partial charge < -0.3 is 34.6 Å². The van der Waals surface area contributed by atoms with Crippen molar-refractivity contribution in [2.45, 2.75) is 25.6 Å². The van der Waals surface area contributed by atoms with Gasteiger partial charge in [-0.15, -0.1) is 20.5 Å². The van der Waals surface area contributed by atoms with Crippen molar-refractivity contribution in [1.82, 2.24) is 0 Å². The number of carbonyl (C=O) groups is 2. The number of methoxy groups -OCH3 is 1. The summed E-state index contributed by atoms with van der Waals surface area (Å²) in [7, 11) is -19.5. The molecule has 29 nitrogen and oxygen atoms in total. The molecule has 0 radical (unpaired) electrons. The fourth-order valence-corrected chi connectivity index (χ4v) is 8.74. The number of aliphatic carboxylic acids is 1. The lowest BCUT2D eigenvalue weighted by atomic mass is 10.1. The summed E-state index contributed by atoms with van der Waals surface area (Å²) in [6.07, 6.45) is 0. The van der Waals surface area contributed by atoms with Crippen molar-refractivity contribution in [3.63, 3.8) is 0 Å². The smallest absolute Gasteiger partial charge is 0.355 e. The number of carbonyl (C=O) groups excluding carboxylic acids is 1. The third-order valence-electron chi connectivity index (χ3n) is 9.19. The molecule has 0 aliphatic carbocycles. The summed E-state index contributed by atoms with van der Waals surface area (Å²) in [4.78, 5) is 21.5. The van der Waals surface area contributed by atoms with Gasteiger partial charge in [0, 0.05) is 29.0 Å². The lowest BCUT2D eigenvalue weighted by Crippen LogP contribution is -2.33. The number of benzene rings is 5. The van der Waals surface area contributed by atoms with Gasteiger partial charge in [0.2, 0.25) is 6.04 Å². The maximum atomic E-state index is 13.4. The monoisotopic (exact) mass is 1050 g/mol. The number of phenols is 1. The molecule has 1 heterocycles. The zero-order chi connectivity index (χ0) is 51.5. The van der Waals surface area contributed by atoms with Crippen LogP contribution in [0, 0.1) is 0 Å². The minimum Gasteiger partial charge on any atom is -0.505 e. The predicted molar refractivity (Wildman–Crippen MR) is 235 cm³/mol. The number of aliphatic hydroxyl groups is 2. The van der Waals surface area contributed by atoms with Crippen molar-refractivity contribution in [1.29, 1.82) is 0 Å². The van der Waals surface area contributed by atoms with Crippen molar-refractivity contribution >= 4 is 103 Å². The van der Waals surface area contributed by atoms with E-state index in [-0.39, 0.29) is 28.6 Å². The Labute approximate surface area is 393 Å². The zero-order valence-electron chi connectivity index (χ0n) is 34.9. The Bertz CT molecular complexity index is 3530. The second-order valence-corrected chi connectivity index (χ2v) is 19.3. The number of anilines is 1. The molecule has 6 rings (SSSR count). The van der Waals surface area contributed by atoms with Crippen LogP contribution in [-0.2, 0) is 50.1 Å². The van der Waals surface area contributed by atoms with E-state index in [0.717, 1.165) is 60.7 Å². The van der Waals surface area contributed by atoms with E-state index >= 15 is 0 Å². The van der Waals surface area contributed by atoms with Gasteiger partial charge >= 0.3 is 5.97 Å². The van der Waals surface area contributed by atoms with E-state index in [1.54, 1.807) is 0 Å². The first kappa shape index (κ1) is 51.9. The van der Waals surface area contributed by atoms with Gasteiger partial charge in [0.25, 0.3) is 46.4 Å². The second kappa shape index (κ2) is 20.2. The third kappa shape index (κ3) is 11.3. The summed E-state index contributed by atoms with van der Waals surface area (Å²) in [5, 5.41) is 65.7. The molecule has 0 saturated heterocycles. The normalized spacial score (nSPS) is 14.8. The first-order valence-electron chi connectivity index (χ1n) is 18.8. The lowest BCUT2D eigenvalue weighted by molar-refractivity contribution is -0.130. The largest absolute Gasteiger partial charge is 0.505 e. The lowest BCUT2D eigenvalue weighted by Gasteiger charge is -2.14. The number of amides is 1. The molecule has 1 aliphatic rings. The molecule has 1 unspecified atom stereocenters. The van der Waals surface area contributed by atoms with Crippen LogP contribution in [0.25, 0.3) is 10.8 Å². The van der Waals surface area contributed by atoms with Crippen LogP contribution >= 0.6 is 0 Å². The molecular formula is C37H32N8O21S4. The number of hydrazone groups is 1. The Morgan fingerprint density at radius 2 is 1.21 bits per heavy atom. The summed E-state index contributed by atoms with van der Waals surface area (Å²) < 4.78 is 154. The summed E-state index contributed by atoms with van der Waals surface area (Å²) in [6, 6.07) is 9.11. The summed E-state index contributed by atoms with van der Waals surface area (Å²) in [5.41, 5.74) is -4.21. The number of nitrogens with zero attached hydrogens (tertiary/aromatic N) is 8. The third-order valence-corrected chi connectivity index (χ3v) is 12.8. The molecule has 8 N–H and O–H groups in total. The number of hydrogen-bond donors (Lipinski definition) is 8. The molecule has 0 aromatic heterocycles. The van der Waals surface area contributed by atoms with Crippen LogP contribution in [-0.4, -0.2) is 129 Å². The summed E-state index contributed by atoms with van der Waals surface area (Å²) in [5.74, 6) is -4.85. The Morgan fingerprint density at radius 1 is 0.657 bits per heavy atom. The number of aliphatic hydroxyl groups excluding tert-OH is 2. The average Bonchev–Trinajstić information content (AvgIpc) is 3.62. The molecule has 1 amide bonds. The molecule has 70 heavy (non-hydrogen) atoms. The SMILES string of the molecule is COc1ccc(N=Nc2cc(OCCO)c(N=Nc3c(S(=O)(=O)O)cc4c(S(=O)(=O)O)c(/N=N/C5C(=O)N(c6ccc(S(=O)(=O)O)cc6)N=C5C(=O)O)ccc4c3O)cc2OCCO)c(S(=O)(=O)O)c1. The number of hydrogen-bond acceptors (Lipinski definition) is 23. The highest BCUT2D eigenvalue weighted by Crippen LogP contribution is 2.47. The molecule has 33 heteroatoms. The van der Waals surface area contributed by atoms with E-state index in [2.05, 4.69) is 35.8 Å². The summed E-state index contributed by atoms with van der Waals surface area (Å²) >= 11 is 0. The quantitative estimate of drug-likeness (QED) is 0.0427. The Hall–Kier alpha value is -7.47. The number of rotatable bonds is 19. The van der Waals surface area contributed by atoms with Gasteiger partial charge in [-0.3, -0.25) is 23.0 Å². The van der Waals surface area contributed by atoms with E-state index in [4.69, 9.17) is 14.2 Å². The predicted octanol–water partition coefficient (Wildman–Crippen LogP) is 4.05. The Morgan fingerprint density at radius 3 is 1.73 bits per heavy atom. The maximum Gasteiger partial charge on any atom is 0.355 e. The van der Waals surface area contributed by atoms with Gasteiger partial charge in [-0.2, -0.15) is 54.0 Å². The van der Waals surface area contributed by atoms with Crippen molar-refractivity contribution in [2.75, 3.05) is 38.5 Å².